The van der Waals surface area contributed by atoms with Gasteiger partial charge in [-0.3, -0.25) is 4.79 Å². The molecule has 4 aromatic rings. The van der Waals surface area contributed by atoms with Crippen molar-refractivity contribution in [2.45, 2.75) is 19.4 Å². The lowest BCUT2D eigenvalue weighted by Gasteiger charge is -2.29. The Labute approximate surface area is 236 Å². The number of halogens is 1. The van der Waals surface area contributed by atoms with E-state index >= 15 is 0 Å². The molecule has 0 saturated heterocycles. The highest BCUT2D eigenvalue weighted by Crippen LogP contribution is 2.49. The van der Waals surface area contributed by atoms with Crippen molar-refractivity contribution < 1.29 is 23.8 Å². The Morgan fingerprint density at radius 3 is 2.40 bits per heavy atom. The molecule has 0 spiro atoms. The van der Waals surface area contributed by atoms with Crippen LogP contribution in [0.4, 0.5) is 0 Å². The van der Waals surface area contributed by atoms with Crippen LogP contribution in [-0.2, 0) is 16.1 Å². The van der Waals surface area contributed by atoms with Crippen molar-refractivity contribution in [2.75, 3.05) is 14.2 Å². The summed E-state index contributed by atoms with van der Waals surface area (Å²) in [6.45, 7) is 2.08. The molecule has 2 aliphatic rings. The van der Waals surface area contributed by atoms with Crippen molar-refractivity contribution in [3.05, 3.63) is 123 Å². The summed E-state index contributed by atoms with van der Waals surface area (Å²) < 4.78 is 17.0. The second-order valence-corrected chi connectivity index (χ2v) is 10.2. The summed E-state index contributed by atoms with van der Waals surface area (Å²) in [4.78, 5) is 26.7. The van der Waals surface area contributed by atoms with Crippen LogP contribution in [0.1, 0.15) is 39.9 Å². The molecule has 0 fully saturated rings. The molecule has 0 bridgehead atoms. The minimum absolute atomic E-state index is 0.149. The summed E-state index contributed by atoms with van der Waals surface area (Å²) in [6, 6.07) is 25.2. The number of methoxy groups -OCH3 is 2. The Kier molecular flexibility index (Phi) is 6.56. The average Bonchev–Trinajstić information content (AvgIpc) is 3.26. The van der Waals surface area contributed by atoms with Crippen LogP contribution in [0.2, 0.25) is 5.02 Å². The highest BCUT2D eigenvalue weighted by atomic mass is 35.5. The van der Waals surface area contributed by atoms with E-state index in [4.69, 9.17) is 25.8 Å². The van der Waals surface area contributed by atoms with Gasteiger partial charge in [-0.2, -0.15) is 0 Å². The first-order chi connectivity index (χ1) is 19.4. The number of Topliss-reactive ketones (excluding diaryl/α,β-unsaturated/α-hetero) is 1. The topological polar surface area (TPSA) is 73.9 Å². The fourth-order valence-electron chi connectivity index (χ4n) is 5.57. The summed E-state index contributed by atoms with van der Waals surface area (Å²) >= 11 is 6.81. The molecule has 4 aromatic carbocycles. The van der Waals surface area contributed by atoms with Gasteiger partial charge in [0.1, 0.15) is 6.61 Å². The molecule has 1 aliphatic heterocycles. The number of allylic oxidation sites excluding steroid dienone is 2. The lowest BCUT2D eigenvalue weighted by atomic mass is 9.79. The van der Waals surface area contributed by atoms with Gasteiger partial charge in [-0.15, -0.1) is 0 Å². The van der Waals surface area contributed by atoms with E-state index in [1.807, 2.05) is 36.4 Å². The molecule has 1 aliphatic carbocycles. The molecule has 200 valence electrons. The summed E-state index contributed by atoms with van der Waals surface area (Å²) in [5.41, 5.74) is 5.07. The summed E-state index contributed by atoms with van der Waals surface area (Å²) in [5.74, 6) is -0.621. The number of nitrogens with one attached hydrogen (secondary N) is 1. The molecule has 1 N–H and O–H groups in total. The average molecular weight is 552 g/mol. The Hall–Kier alpha value is -4.55. The molecule has 40 heavy (non-hydrogen) atoms. The lowest BCUT2D eigenvalue weighted by Crippen LogP contribution is -2.29. The molecule has 1 atom stereocenters. The molecular weight excluding hydrogens is 526 g/mol. The first-order valence-corrected chi connectivity index (χ1v) is 13.2. The summed E-state index contributed by atoms with van der Waals surface area (Å²) in [7, 11) is 2.86. The van der Waals surface area contributed by atoms with E-state index in [1.165, 1.54) is 14.2 Å². The molecular formula is C33H26ClNO5. The van der Waals surface area contributed by atoms with E-state index in [9.17, 15) is 9.59 Å². The fraction of sp³-hybridized carbons (Fsp3) is 0.152. The van der Waals surface area contributed by atoms with Gasteiger partial charge in [-0.1, -0.05) is 72.3 Å². The second kappa shape index (κ2) is 10.2. The van der Waals surface area contributed by atoms with Crippen LogP contribution < -0.4 is 14.8 Å². The Bertz CT molecular complexity index is 1770. The minimum Gasteiger partial charge on any atom is -0.493 e. The van der Waals surface area contributed by atoms with E-state index in [-0.39, 0.29) is 12.4 Å². The van der Waals surface area contributed by atoms with Gasteiger partial charge in [0.05, 0.1) is 30.5 Å². The number of hydrogen-bond donors (Lipinski definition) is 1. The highest BCUT2D eigenvalue weighted by molar-refractivity contribution is 6.32. The van der Waals surface area contributed by atoms with E-state index in [0.29, 0.717) is 50.2 Å². The van der Waals surface area contributed by atoms with Crippen LogP contribution in [0.5, 0.6) is 11.5 Å². The van der Waals surface area contributed by atoms with Gasteiger partial charge in [-0.25, -0.2) is 4.79 Å². The lowest BCUT2D eigenvalue weighted by molar-refractivity contribution is -0.136. The molecule has 0 unspecified atom stereocenters. The van der Waals surface area contributed by atoms with Crippen LogP contribution in [0.3, 0.4) is 0 Å². The van der Waals surface area contributed by atoms with Crippen LogP contribution in [0.25, 0.3) is 16.5 Å². The number of benzene rings is 4. The Balaban J connectivity index is 1.41. The van der Waals surface area contributed by atoms with Crippen LogP contribution in [0.15, 0.2) is 95.7 Å². The molecule has 1 heterocycles. The standard InChI is InChI=1S/C33H26ClNO5/c1-18-27(33(37)39-3)28(29-30(35-18)23-10-6-7-11-24(23)31(29)36)22-15-25(34)32(26(16-22)38-2)40-17-19-12-13-20-8-4-5-9-21(20)14-19/h4-16,28,35H,17H2,1-3H3/t28-/m0/s1. The van der Waals surface area contributed by atoms with E-state index in [1.54, 1.807) is 25.1 Å². The highest BCUT2D eigenvalue weighted by Gasteiger charge is 2.43. The maximum atomic E-state index is 13.7. The number of ether oxygens (including phenoxy) is 3. The van der Waals surface area contributed by atoms with Gasteiger partial charge >= 0.3 is 5.97 Å². The SMILES string of the molecule is COC(=O)C1=C(C)NC2=C(C(=O)c3ccccc32)[C@H]1c1cc(Cl)c(OCc2ccc3ccccc3c2)c(OC)c1. The molecule has 6 rings (SSSR count). The predicted octanol–water partition coefficient (Wildman–Crippen LogP) is 6.82. The Morgan fingerprint density at radius 2 is 1.65 bits per heavy atom. The zero-order chi connectivity index (χ0) is 28.0. The zero-order valence-corrected chi connectivity index (χ0v) is 23.0. The normalized spacial score (nSPS) is 16.0. The first kappa shape index (κ1) is 25.7. The van der Waals surface area contributed by atoms with Crippen molar-refractivity contribution in [3.63, 3.8) is 0 Å². The molecule has 0 radical (unpaired) electrons. The quantitative estimate of drug-likeness (QED) is 0.265. The predicted molar refractivity (Wildman–Crippen MR) is 155 cm³/mol. The maximum Gasteiger partial charge on any atom is 0.336 e. The largest absolute Gasteiger partial charge is 0.493 e. The molecule has 0 aromatic heterocycles. The van der Waals surface area contributed by atoms with Crippen molar-refractivity contribution in [3.8, 4) is 11.5 Å². The number of dihydropyridines is 1. The first-order valence-electron chi connectivity index (χ1n) is 12.8. The number of carbonyl (C=O) groups excluding carboxylic acids is 2. The fourth-order valence-corrected chi connectivity index (χ4v) is 5.85. The second-order valence-electron chi connectivity index (χ2n) is 9.76. The zero-order valence-electron chi connectivity index (χ0n) is 22.2. The smallest absolute Gasteiger partial charge is 0.336 e. The number of esters is 1. The third-order valence-corrected chi connectivity index (χ3v) is 7.72. The molecule has 7 heteroatoms. The third-order valence-electron chi connectivity index (χ3n) is 7.44. The van der Waals surface area contributed by atoms with Crippen molar-refractivity contribution >= 4 is 39.8 Å². The minimum atomic E-state index is -0.718. The number of carbonyl (C=O) groups is 2. The van der Waals surface area contributed by atoms with Crippen LogP contribution >= 0.6 is 11.6 Å². The van der Waals surface area contributed by atoms with Gasteiger partial charge < -0.3 is 19.5 Å². The summed E-state index contributed by atoms with van der Waals surface area (Å²) in [6.07, 6.45) is 0. The van der Waals surface area contributed by atoms with Crippen molar-refractivity contribution in [1.29, 1.82) is 0 Å². The number of rotatable bonds is 6. The molecule has 0 saturated carbocycles. The molecule has 6 nitrogen and oxygen atoms in total. The van der Waals surface area contributed by atoms with Gasteiger partial charge in [0.25, 0.3) is 0 Å². The van der Waals surface area contributed by atoms with Crippen LogP contribution in [0, 0.1) is 0 Å². The van der Waals surface area contributed by atoms with Crippen molar-refractivity contribution in [2.24, 2.45) is 0 Å². The number of ketones is 1. The van der Waals surface area contributed by atoms with Gasteiger partial charge in [-0.05, 0) is 47.0 Å². The number of hydrogen-bond acceptors (Lipinski definition) is 6. The van der Waals surface area contributed by atoms with Gasteiger partial charge in [0, 0.05) is 28.3 Å². The van der Waals surface area contributed by atoms with Crippen molar-refractivity contribution in [1.82, 2.24) is 5.32 Å². The van der Waals surface area contributed by atoms with E-state index < -0.39 is 11.9 Å². The summed E-state index contributed by atoms with van der Waals surface area (Å²) in [5, 5.41) is 5.86. The third kappa shape index (κ3) is 4.21. The number of fused-ring (bicyclic) bond motifs is 3. The van der Waals surface area contributed by atoms with Gasteiger partial charge in [0.15, 0.2) is 17.3 Å². The van der Waals surface area contributed by atoms with E-state index in [2.05, 4.69) is 29.6 Å². The molecule has 0 amide bonds. The maximum absolute atomic E-state index is 13.7. The van der Waals surface area contributed by atoms with Crippen LogP contribution in [-0.4, -0.2) is 26.0 Å². The monoisotopic (exact) mass is 551 g/mol. The van der Waals surface area contributed by atoms with Gasteiger partial charge in [0.2, 0.25) is 0 Å². The van der Waals surface area contributed by atoms with E-state index in [0.717, 1.165) is 21.9 Å². The Morgan fingerprint density at radius 1 is 0.925 bits per heavy atom.